The maximum Gasteiger partial charge on any atom is 0.335 e. The molecule has 1 aromatic rings. The number of hydrogen-bond donors (Lipinski definition) is 8. The van der Waals surface area contributed by atoms with Crippen LogP contribution in [-0.4, -0.2) is 135 Å². The predicted molar refractivity (Wildman–Crippen MR) is 156 cm³/mol. The first-order valence-electron chi connectivity index (χ1n) is 15.7. The lowest BCUT2D eigenvalue weighted by Crippen LogP contribution is -3.12. The molecule has 0 aromatic heterocycles. The van der Waals surface area contributed by atoms with Crippen molar-refractivity contribution in [2.75, 3.05) is 38.1 Å². The summed E-state index contributed by atoms with van der Waals surface area (Å²) >= 11 is 0. The maximum absolute atomic E-state index is 12.1. The zero-order chi connectivity index (χ0) is 32.7. The number of carbonyl (C=O) groups excluding carboxylic acids is 1. The highest BCUT2D eigenvalue weighted by molar-refractivity contribution is 5.82. The second kappa shape index (κ2) is 13.6. The topological polar surface area (TPSA) is 210 Å². The summed E-state index contributed by atoms with van der Waals surface area (Å²) in [6.07, 6.45) is -4.66. The number of carboxylic acid groups (broad SMARTS) is 2. The minimum atomic E-state index is -2.38. The molecule has 13 heteroatoms. The Balaban J connectivity index is 0.000000382. The van der Waals surface area contributed by atoms with Gasteiger partial charge in [-0.2, -0.15) is 0 Å². The highest BCUT2D eigenvalue weighted by atomic mass is 16.5. The van der Waals surface area contributed by atoms with Gasteiger partial charge >= 0.3 is 5.97 Å². The number of likely N-dealkylation sites (N-methyl/N-ethyl adjacent to an activating group) is 2. The molecule has 0 radical (unpaired) electrons. The molecule has 2 saturated heterocycles. The van der Waals surface area contributed by atoms with E-state index < -0.39 is 42.6 Å². The van der Waals surface area contributed by atoms with Gasteiger partial charge in [0.05, 0.1) is 31.2 Å². The highest BCUT2D eigenvalue weighted by Gasteiger charge is 2.73. The lowest BCUT2D eigenvalue weighted by Gasteiger charge is -2.55. The van der Waals surface area contributed by atoms with Crippen LogP contribution in [0.3, 0.4) is 0 Å². The van der Waals surface area contributed by atoms with Crippen LogP contribution in [0.5, 0.6) is 0 Å². The number of carboxylic acids is 2. The minimum Gasteiger partial charge on any atom is -0.547 e. The Morgan fingerprint density at radius 1 is 1.05 bits per heavy atom. The molecule has 5 rings (SSSR count). The molecular weight excluding hydrogens is 574 g/mol. The Morgan fingerprint density at radius 2 is 1.68 bits per heavy atom. The number of fused-ring (bicyclic) bond motifs is 3. The van der Waals surface area contributed by atoms with E-state index in [0.29, 0.717) is 13.0 Å². The molecule has 3 aliphatic heterocycles. The Bertz CT molecular complexity index is 1150. The zero-order valence-electron chi connectivity index (χ0n) is 25.9. The summed E-state index contributed by atoms with van der Waals surface area (Å²) in [5.41, 5.74) is 2.13. The molecule has 1 aromatic carbocycles. The van der Waals surface area contributed by atoms with E-state index in [9.17, 15) is 35.1 Å². The van der Waals surface area contributed by atoms with Crippen molar-refractivity contribution >= 4 is 17.6 Å². The standard InChI is InChI=1S/C27H43N3O4.C4H6O6/c1-5-17(26(33)34)18-12-21-24-27(19-10-8-9-11-20(19)28(24)4)13-22(23(18)25(27)32)30(21)15-16(31)14-29(6-2)7-3;5-1(3(7)8)2(6)4(9)10/h8-11,16-18,21-26,31-34H,5-7,12-15H2,1-4H3;1-2,5-6H,(H,7,8)(H,9,10). The number of benzene rings is 1. The van der Waals surface area contributed by atoms with Gasteiger partial charge in [0.1, 0.15) is 18.8 Å². The summed E-state index contributed by atoms with van der Waals surface area (Å²) in [6.45, 7) is 9.70. The molecule has 3 heterocycles. The number of aliphatic hydroxyl groups is 6. The average molecular weight is 624 g/mol. The maximum atomic E-state index is 12.1. The third-order valence-electron chi connectivity index (χ3n) is 11.0. The number of anilines is 1. The van der Waals surface area contributed by atoms with E-state index >= 15 is 0 Å². The molecule has 0 amide bonds. The van der Waals surface area contributed by atoms with Crippen molar-refractivity contribution in [3.8, 4) is 0 Å². The summed E-state index contributed by atoms with van der Waals surface area (Å²) in [7, 11) is 2.15. The predicted octanol–water partition coefficient (Wildman–Crippen LogP) is -3.64. The van der Waals surface area contributed by atoms with Gasteiger partial charge in [0.15, 0.2) is 12.4 Å². The van der Waals surface area contributed by atoms with Crippen LogP contribution in [0.2, 0.25) is 0 Å². The lowest BCUT2D eigenvalue weighted by atomic mass is 9.66. The van der Waals surface area contributed by atoms with Crippen LogP contribution in [0.1, 0.15) is 45.6 Å². The summed E-state index contributed by atoms with van der Waals surface area (Å²) in [5.74, 6) is -4.04. The van der Waals surface area contributed by atoms with Gasteiger partial charge in [-0.3, -0.25) is 4.90 Å². The van der Waals surface area contributed by atoms with Crippen LogP contribution >= 0.6 is 0 Å². The molecule has 1 spiro atoms. The molecule has 1 saturated carbocycles. The zero-order valence-corrected chi connectivity index (χ0v) is 25.9. The molecule has 13 nitrogen and oxygen atoms in total. The normalized spacial score (nSPS) is 33.0. The number of quaternary nitrogens is 1. The first-order valence-corrected chi connectivity index (χ1v) is 15.7. The van der Waals surface area contributed by atoms with E-state index in [1.165, 1.54) is 16.2 Å². The minimum absolute atomic E-state index is 0.0273. The van der Waals surface area contributed by atoms with Crippen LogP contribution < -0.4 is 14.9 Å². The molecular formula is C31H49N3O10. The van der Waals surface area contributed by atoms with Gasteiger partial charge in [0, 0.05) is 48.6 Å². The Morgan fingerprint density at radius 3 is 2.20 bits per heavy atom. The third kappa shape index (κ3) is 5.73. The third-order valence-corrected chi connectivity index (χ3v) is 11.0. The van der Waals surface area contributed by atoms with Gasteiger partial charge in [0.25, 0.3) is 0 Å². The van der Waals surface area contributed by atoms with E-state index in [4.69, 9.17) is 15.3 Å². The number of nitrogens with one attached hydrogen (secondary N) is 1. The smallest absolute Gasteiger partial charge is 0.335 e. The number of piperidine rings is 2. The van der Waals surface area contributed by atoms with Crippen molar-refractivity contribution in [2.45, 2.75) is 94.3 Å². The fourth-order valence-electron chi connectivity index (χ4n) is 9.05. The number of aliphatic hydroxyl groups excluding tert-OH is 5. The van der Waals surface area contributed by atoms with E-state index in [1.54, 1.807) is 0 Å². The second-order valence-corrected chi connectivity index (χ2v) is 12.9. The molecule has 3 bridgehead atoms. The molecule has 44 heavy (non-hydrogen) atoms. The van der Waals surface area contributed by atoms with Crippen LogP contribution in [0.4, 0.5) is 5.69 Å². The number of carbonyl (C=O) groups is 2. The highest BCUT2D eigenvalue weighted by Crippen LogP contribution is 2.66. The van der Waals surface area contributed by atoms with Gasteiger partial charge in [-0.1, -0.05) is 25.1 Å². The van der Waals surface area contributed by atoms with Crippen molar-refractivity contribution in [3.63, 3.8) is 0 Å². The van der Waals surface area contributed by atoms with Crippen molar-refractivity contribution in [1.82, 2.24) is 4.90 Å². The van der Waals surface area contributed by atoms with E-state index in [1.807, 2.05) is 6.92 Å². The Labute approximate surface area is 257 Å². The number of para-hydroxylation sites is 1. The summed E-state index contributed by atoms with van der Waals surface area (Å²) in [5, 5.41) is 77.9. The first kappa shape index (κ1) is 34.5. The van der Waals surface area contributed by atoms with E-state index in [0.717, 1.165) is 32.5 Å². The second-order valence-electron chi connectivity index (χ2n) is 12.9. The molecule has 11 unspecified atom stereocenters. The first-order chi connectivity index (χ1) is 20.8. The van der Waals surface area contributed by atoms with Gasteiger partial charge in [-0.25, -0.2) is 4.79 Å². The molecule has 3 fully saturated rings. The number of hydrogen-bond acceptors (Lipinski definition) is 11. The molecule has 8 N–H and O–H groups in total. The average Bonchev–Trinajstić information content (AvgIpc) is 3.36. The SMILES string of the molecule is CCC(C(O)O)C1CC2C3N(C)c4ccccc4C34CC(C1C4O)N2CC(O)C[NH+](CC)CC.O=C([O-])C(O)C(O)C(=O)O. The molecule has 248 valence electrons. The van der Waals surface area contributed by atoms with Crippen LogP contribution in [-0.2, 0) is 15.0 Å². The molecule has 11 atom stereocenters. The monoisotopic (exact) mass is 623 g/mol. The van der Waals surface area contributed by atoms with Gasteiger partial charge in [0.2, 0.25) is 0 Å². The quantitative estimate of drug-likeness (QED) is 0.106. The fourth-order valence-corrected chi connectivity index (χ4v) is 9.05. The van der Waals surface area contributed by atoms with Crippen LogP contribution in [0, 0.1) is 17.8 Å². The number of aliphatic carboxylic acids is 2. The Hall–Kier alpha value is -2.36. The van der Waals surface area contributed by atoms with Crippen molar-refractivity contribution in [1.29, 1.82) is 0 Å². The lowest BCUT2D eigenvalue weighted by molar-refractivity contribution is -0.899. The summed E-state index contributed by atoms with van der Waals surface area (Å²) < 4.78 is 0. The number of rotatable bonds is 12. The van der Waals surface area contributed by atoms with Crippen molar-refractivity contribution in [3.05, 3.63) is 29.8 Å². The summed E-state index contributed by atoms with van der Waals surface area (Å²) in [4.78, 5) is 25.7. The van der Waals surface area contributed by atoms with Crippen LogP contribution in [0.15, 0.2) is 24.3 Å². The van der Waals surface area contributed by atoms with Crippen molar-refractivity contribution < 1.29 is 55.3 Å². The molecule has 1 aliphatic carbocycles. The van der Waals surface area contributed by atoms with E-state index in [2.05, 4.69) is 55.0 Å². The van der Waals surface area contributed by atoms with Gasteiger partial charge in [-0.15, -0.1) is 0 Å². The van der Waals surface area contributed by atoms with Gasteiger partial charge < -0.3 is 55.4 Å². The molecule has 4 aliphatic rings. The number of nitrogens with zero attached hydrogens (tertiary/aromatic N) is 2. The fraction of sp³-hybridized carbons (Fsp3) is 0.742. The van der Waals surface area contributed by atoms with E-state index in [-0.39, 0.29) is 41.3 Å². The van der Waals surface area contributed by atoms with Crippen molar-refractivity contribution in [2.24, 2.45) is 17.8 Å². The van der Waals surface area contributed by atoms with Crippen LogP contribution in [0.25, 0.3) is 0 Å². The Kier molecular flexibility index (Phi) is 10.6. The largest absolute Gasteiger partial charge is 0.547 e. The summed E-state index contributed by atoms with van der Waals surface area (Å²) in [6, 6.07) is 8.94. The van der Waals surface area contributed by atoms with Gasteiger partial charge in [-0.05, 0) is 50.7 Å².